The molecule has 0 fully saturated rings. The summed E-state index contributed by atoms with van der Waals surface area (Å²) in [5.41, 5.74) is 4.86. The maximum absolute atomic E-state index is 13.4. The van der Waals surface area contributed by atoms with Crippen molar-refractivity contribution < 1.29 is 23.8 Å². The number of halogens is 1. The molecule has 0 aliphatic rings. The van der Waals surface area contributed by atoms with Gasteiger partial charge in [-0.1, -0.05) is 58.9 Å². The molecule has 0 aliphatic heterocycles. The van der Waals surface area contributed by atoms with Crippen LogP contribution < -0.4 is 10.6 Å². The summed E-state index contributed by atoms with van der Waals surface area (Å²) in [6.45, 7) is 35.9. The van der Waals surface area contributed by atoms with Crippen LogP contribution in [-0.2, 0) is 34.4 Å². The monoisotopic (exact) mass is 1020 g/mol. The number of carbonyl (C=O) groups is 2. The summed E-state index contributed by atoms with van der Waals surface area (Å²) >= 11 is 3.33. The first-order valence-electron chi connectivity index (χ1n) is 22.8. The molecule has 0 aliphatic carbocycles. The smallest absolute Gasteiger partial charge is 0.255 e. The molecular formula is C47H73BrN10O5Si3. The number of ether oxygens (including phenoxy) is 3. The summed E-state index contributed by atoms with van der Waals surface area (Å²) in [5.74, 6) is -0.356. The summed E-state index contributed by atoms with van der Waals surface area (Å²) in [6.07, 6.45) is 10.7. The van der Waals surface area contributed by atoms with Gasteiger partial charge < -0.3 is 38.5 Å². The fourth-order valence-electron chi connectivity index (χ4n) is 6.61. The van der Waals surface area contributed by atoms with Crippen LogP contribution in [0.2, 0.25) is 77.1 Å². The molecule has 0 aromatic carbocycles. The maximum Gasteiger partial charge on any atom is 0.255 e. The van der Waals surface area contributed by atoms with E-state index in [9.17, 15) is 9.59 Å². The molecule has 2 N–H and O–H groups in total. The van der Waals surface area contributed by atoms with Crippen molar-refractivity contribution in [2.45, 2.75) is 150 Å². The number of amides is 2. The van der Waals surface area contributed by atoms with E-state index in [-0.39, 0.29) is 17.4 Å². The van der Waals surface area contributed by atoms with Crippen LogP contribution in [0.1, 0.15) is 62.3 Å². The first kappa shape index (κ1) is 52.8. The lowest BCUT2D eigenvalue weighted by molar-refractivity contribution is 0.0879. The van der Waals surface area contributed by atoms with Crippen molar-refractivity contribution in [2.75, 3.05) is 19.8 Å². The molecule has 6 rings (SSSR count). The van der Waals surface area contributed by atoms with Gasteiger partial charge in [0.15, 0.2) is 11.3 Å². The van der Waals surface area contributed by atoms with Crippen molar-refractivity contribution in [3.8, 4) is 11.4 Å². The Kier molecular flexibility index (Phi) is 17.2. The van der Waals surface area contributed by atoms with Gasteiger partial charge in [-0.05, 0) is 87.7 Å². The lowest BCUT2D eigenvalue weighted by atomic mass is 10.1. The Hall–Kier alpha value is -4.12. The van der Waals surface area contributed by atoms with E-state index in [0.29, 0.717) is 82.9 Å². The Morgan fingerprint density at radius 2 is 1.06 bits per heavy atom. The molecule has 0 saturated heterocycles. The number of nitrogens with one attached hydrogen (secondary N) is 2. The average molecular weight is 1020 g/mol. The lowest BCUT2D eigenvalue weighted by Gasteiger charge is -2.20. The third-order valence-electron chi connectivity index (χ3n) is 10.2. The molecule has 0 atom stereocenters. The van der Waals surface area contributed by atoms with Crippen molar-refractivity contribution in [1.82, 2.24) is 49.3 Å². The highest BCUT2D eigenvalue weighted by atomic mass is 79.9. The van der Waals surface area contributed by atoms with Gasteiger partial charge in [0.2, 0.25) is 0 Å². The summed E-state index contributed by atoms with van der Waals surface area (Å²) in [4.78, 5) is 49.3. The van der Waals surface area contributed by atoms with Crippen LogP contribution in [0.25, 0.3) is 44.6 Å². The summed E-state index contributed by atoms with van der Waals surface area (Å²) in [5, 5.41) is 7.10. The number of nitrogens with zero attached hydrogens (tertiary/aromatic N) is 8. The Morgan fingerprint density at radius 3 is 1.52 bits per heavy atom. The SMILES string of the molecule is CC(C)(C)NC(=O)c1cn(COCC[Si](C)(C)C)c2ncc(-c3nccc4ccn(COCC[Si](C)(C)C)c34)nc12.CC(C)(C)NC(=O)c1cn(COCC[Si](C)(C)C)c2ncc(Br)nc12. The summed E-state index contributed by atoms with van der Waals surface area (Å²) < 4.78 is 24.3. The number of carbonyl (C=O) groups excluding carboxylic acids is 2. The minimum Gasteiger partial charge on any atom is -0.361 e. The van der Waals surface area contributed by atoms with Crippen LogP contribution in [0, 0.1) is 0 Å². The van der Waals surface area contributed by atoms with Crippen molar-refractivity contribution in [2.24, 2.45) is 0 Å². The zero-order valence-corrected chi connectivity index (χ0v) is 46.6. The largest absolute Gasteiger partial charge is 0.361 e. The van der Waals surface area contributed by atoms with Gasteiger partial charge in [-0.15, -0.1) is 0 Å². The Bertz CT molecular complexity index is 2610. The molecule has 0 radical (unpaired) electrons. The van der Waals surface area contributed by atoms with Crippen LogP contribution in [0.5, 0.6) is 0 Å². The third kappa shape index (κ3) is 15.7. The molecule has 6 aromatic heterocycles. The van der Waals surface area contributed by atoms with Crippen LogP contribution >= 0.6 is 15.9 Å². The number of aromatic nitrogens is 8. The number of fused-ring (bicyclic) bond motifs is 3. The fourth-order valence-corrected chi connectivity index (χ4v) is 9.16. The summed E-state index contributed by atoms with van der Waals surface area (Å²) in [7, 11) is -3.52. The van der Waals surface area contributed by atoms with Crippen LogP contribution in [0.4, 0.5) is 0 Å². The molecule has 0 unspecified atom stereocenters. The molecule has 360 valence electrons. The second-order valence-corrected chi connectivity index (χ2v) is 40.3. The second-order valence-electron chi connectivity index (χ2n) is 22.7. The average Bonchev–Trinajstić information content (AvgIpc) is 3.88. The van der Waals surface area contributed by atoms with Crippen molar-refractivity contribution in [3.63, 3.8) is 0 Å². The first-order valence-corrected chi connectivity index (χ1v) is 34.7. The molecule has 15 nitrogen and oxygen atoms in total. The van der Waals surface area contributed by atoms with Gasteiger partial charge in [-0.3, -0.25) is 14.6 Å². The van der Waals surface area contributed by atoms with Crippen LogP contribution in [0.15, 0.2) is 53.9 Å². The lowest BCUT2D eigenvalue weighted by Crippen LogP contribution is -2.40. The number of pyridine rings is 1. The van der Waals surface area contributed by atoms with Gasteiger partial charge in [-0.2, -0.15) is 0 Å². The zero-order valence-electron chi connectivity index (χ0n) is 42.0. The van der Waals surface area contributed by atoms with E-state index in [0.717, 1.165) is 35.6 Å². The second kappa shape index (κ2) is 21.5. The van der Waals surface area contributed by atoms with Crippen LogP contribution in [-0.4, -0.2) is 106 Å². The molecule has 0 spiro atoms. The molecule has 0 bridgehead atoms. The molecule has 6 heterocycles. The molecule has 66 heavy (non-hydrogen) atoms. The predicted molar refractivity (Wildman–Crippen MR) is 278 cm³/mol. The van der Waals surface area contributed by atoms with E-state index in [4.69, 9.17) is 29.2 Å². The maximum atomic E-state index is 13.4. The minimum atomic E-state index is -1.22. The topological polar surface area (TPSA) is 165 Å². The summed E-state index contributed by atoms with van der Waals surface area (Å²) in [6, 6.07) is 7.32. The first-order chi connectivity index (χ1) is 30.6. The van der Waals surface area contributed by atoms with E-state index in [1.807, 2.05) is 62.9 Å². The highest BCUT2D eigenvalue weighted by Gasteiger charge is 2.25. The minimum absolute atomic E-state index is 0.161. The highest BCUT2D eigenvalue weighted by Crippen LogP contribution is 2.29. The van der Waals surface area contributed by atoms with Crippen LogP contribution in [0.3, 0.4) is 0 Å². The van der Waals surface area contributed by atoms with Gasteiger partial charge >= 0.3 is 0 Å². The van der Waals surface area contributed by atoms with E-state index < -0.39 is 29.8 Å². The van der Waals surface area contributed by atoms with Gasteiger partial charge in [-0.25, -0.2) is 19.9 Å². The zero-order chi connectivity index (χ0) is 48.8. The van der Waals surface area contributed by atoms with E-state index in [1.54, 1.807) is 31.0 Å². The quantitative estimate of drug-likeness (QED) is 0.0625. The molecule has 2 amide bonds. The standard InChI is InChI=1S/C30H46N6O3Si2.C17H27BrN4O2Si/c1-30(2,3)34-29(37)23-19-36(21-39-15-17-41(7,8)9)28-25(23)33-24(18-32-28)26-27-22(10-12-31-26)11-13-35(27)20-38-14-16-40(4,5)6;1-17(2,3)21-16(23)12-10-22(11-24-7-8-25(4,5)6)15-14(12)20-13(18)9-19-15/h10-13,18-19H,14-17,20-21H2,1-9H3,(H,34,37);9-10H,7-8,11H2,1-6H3,(H,21,23). The highest BCUT2D eigenvalue weighted by molar-refractivity contribution is 9.10. The van der Waals surface area contributed by atoms with E-state index >= 15 is 0 Å². The van der Waals surface area contributed by atoms with Gasteiger partial charge in [0, 0.05) is 85.3 Å². The van der Waals surface area contributed by atoms with E-state index in [2.05, 4.69) is 106 Å². The third-order valence-corrected chi connectivity index (χ3v) is 15.7. The Morgan fingerprint density at radius 1 is 0.621 bits per heavy atom. The van der Waals surface area contributed by atoms with Gasteiger partial charge in [0.1, 0.15) is 47.2 Å². The normalized spacial score (nSPS) is 12.8. The fraction of sp³-hybridized carbons (Fsp3) is 0.553. The number of hydrogen-bond donors (Lipinski definition) is 2. The number of hydrogen-bond acceptors (Lipinski definition) is 10. The van der Waals surface area contributed by atoms with Crippen molar-refractivity contribution in [1.29, 1.82) is 0 Å². The Labute approximate surface area is 402 Å². The Balaban J connectivity index is 0.000000279. The van der Waals surface area contributed by atoms with Crippen molar-refractivity contribution in [3.05, 3.63) is 65.0 Å². The molecule has 6 aromatic rings. The molecular weight excluding hydrogens is 949 g/mol. The molecule has 19 heteroatoms. The van der Waals surface area contributed by atoms with Gasteiger partial charge in [0.25, 0.3) is 11.8 Å². The van der Waals surface area contributed by atoms with Gasteiger partial charge in [0.05, 0.1) is 29.0 Å². The number of rotatable bonds is 18. The van der Waals surface area contributed by atoms with Crippen molar-refractivity contribution >= 4 is 85.2 Å². The molecule has 0 saturated carbocycles. The van der Waals surface area contributed by atoms with E-state index in [1.165, 1.54) is 0 Å². The predicted octanol–water partition coefficient (Wildman–Crippen LogP) is 10.6.